The Morgan fingerprint density at radius 3 is 2.71 bits per heavy atom. The van der Waals surface area contributed by atoms with Crippen LogP contribution in [-0.4, -0.2) is 26.8 Å². The van der Waals surface area contributed by atoms with Crippen LogP contribution in [0.1, 0.15) is 5.56 Å². The number of benzene rings is 2. The largest absolute Gasteiger partial charge is 0.493 e. The Hall–Kier alpha value is -2.21. The summed E-state index contributed by atoms with van der Waals surface area (Å²) in [4.78, 5) is 2.24. The highest BCUT2D eigenvalue weighted by Gasteiger charge is 2.17. The second-order valence-corrected chi connectivity index (χ2v) is 5.23. The van der Waals surface area contributed by atoms with E-state index in [1.54, 1.807) is 12.1 Å². The van der Waals surface area contributed by atoms with Crippen molar-refractivity contribution in [3.8, 4) is 11.5 Å². The van der Waals surface area contributed by atoms with Crippen molar-refractivity contribution in [2.45, 2.75) is 13.2 Å². The average Bonchev–Trinajstić information content (AvgIpc) is 2.56. The van der Waals surface area contributed by atoms with Gasteiger partial charge in [-0.3, -0.25) is 0 Å². The van der Waals surface area contributed by atoms with E-state index in [1.807, 2.05) is 18.2 Å². The van der Waals surface area contributed by atoms with Gasteiger partial charge in [0.1, 0.15) is 0 Å². The molecule has 1 heterocycles. The lowest BCUT2D eigenvalue weighted by Crippen LogP contribution is -2.33. The summed E-state index contributed by atoms with van der Waals surface area (Å²) < 4.78 is 34.4. The SMILES string of the molecule is COc1cc(CN2CCNc3ccccc32)ccc1OC(F)F.Cl. The second-order valence-electron chi connectivity index (χ2n) is 5.23. The van der Waals surface area contributed by atoms with Crippen molar-refractivity contribution < 1.29 is 18.3 Å². The molecule has 0 saturated carbocycles. The van der Waals surface area contributed by atoms with Crippen LogP contribution in [0.3, 0.4) is 0 Å². The first kappa shape index (κ1) is 18.1. The molecule has 3 rings (SSSR count). The molecule has 4 nitrogen and oxygen atoms in total. The summed E-state index contributed by atoms with van der Waals surface area (Å²) in [7, 11) is 1.44. The maximum atomic E-state index is 12.4. The van der Waals surface area contributed by atoms with Crippen molar-refractivity contribution in [3.05, 3.63) is 48.0 Å². The van der Waals surface area contributed by atoms with E-state index in [0.717, 1.165) is 30.0 Å². The van der Waals surface area contributed by atoms with Crippen molar-refractivity contribution in [3.63, 3.8) is 0 Å². The molecule has 0 aliphatic carbocycles. The lowest BCUT2D eigenvalue weighted by molar-refractivity contribution is -0.0512. The van der Waals surface area contributed by atoms with Crippen LogP contribution in [0.25, 0.3) is 0 Å². The predicted octanol–water partition coefficient (Wildman–Crippen LogP) is 4.15. The predicted molar refractivity (Wildman–Crippen MR) is 92.9 cm³/mol. The Kier molecular flexibility index (Phi) is 6.09. The number of hydrogen-bond acceptors (Lipinski definition) is 4. The van der Waals surface area contributed by atoms with Gasteiger partial charge in [0.2, 0.25) is 0 Å². The van der Waals surface area contributed by atoms with Gasteiger partial charge in [-0.2, -0.15) is 8.78 Å². The van der Waals surface area contributed by atoms with E-state index in [9.17, 15) is 8.78 Å². The van der Waals surface area contributed by atoms with Crippen LogP contribution in [0.15, 0.2) is 42.5 Å². The quantitative estimate of drug-likeness (QED) is 0.872. The molecule has 7 heteroatoms. The molecule has 2 aromatic rings. The second kappa shape index (κ2) is 8.06. The minimum absolute atomic E-state index is 0. The fraction of sp³-hybridized carbons (Fsp3) is 0.294. The summed E-state index contributed by atoms with van der Waals surface area (Å²) in [6.07, 6.45) is 0. The van der Waals surface area contributed by atoms with Crippen molar-refractivity contribution in [1.29, 1.82) is 0 Å². The Balaban J connectivity index is 0.00000208. The van der Waals surface area contributed by atoms with E-state index in [0.29, 0.717) is 12.3 Å². The number of anilines is 2. The number of para-hydroxylation sites is 2. The first-order valence-electron chi connectivity index (χ1n) is 7.37. The molecule has 0 spiro atoms. The highest BCUT2D eigenvalue weighted by molar-refractivity contribution is 5.85. The van der Waals surface area contributed by atoms with Gasteiger partial charge in [-0.15, -0.1) is 12.4 Å². The number of fused-ring (bicyclic) bond motifs is 1. The van der Waals surface area contributed by atoms with Crippen molar-refractivity contribution >= 4 is 23.8 Å². The molecule has 1 aliphatic heterocycles. The van der Waals surface area contributed by atoms with Gasteiger partial charge in [-0.1, -0.05) is 18.2 Å². The molecule has 1 N–H and O–H groups in total. The van der Waals surface area contributed by atoms with Crippen LogP contribution < -0.4 is 19.7 Å². The molecule has 0 saturated heterocycles. The van der Waals surface area contributed by atoms with Gasteiger partial charge < -0.3 is 19.7 Å². The summed E-state index contributed by atoms with van der Waals surface area (Å²) in [5.41, 5.74) is 3.20. The van der Waals surface area contributed by atoms with Crippen LogP contribution >= 0.6 is 12.4 Å². The van der Waals surface area contributed by atoms with Gasteiger partial charge in [0, 0.05) is 19.6 Å². The summed E-state index contributed by atoms with van der Waals surface area (Å²) >= 11 is 0. The van der Waals surface area contributed by atoms with Gasteiger partial charge in [-0.05, 0) is 29.8 Å². The molecule has 24 heavy (non-hydrogen) atoms. The van der Waals surface area contributed by atoms with Crippen molar-refractivity contribution in [1.82, 2.24) is 0 Å². The lowest BCUT2D eigenvalue weighted by atomic mass is 10.1. The van der Waals surface area contributed by atoms with E-state index in [-0.39, 0.29) is 18.2 Å². The third-order valence-corrected chi connectivity index (χ3v) is 3.76. The minimum Gasteiger partial charge on any atom is -0.493 e. The molecule has 0 bridgehead atoms. The van der Waals surface area contributed by atoms with Crippen LogP contribution in [0.4, 0.5) is 20.2 Å². The van der Waals surface area contributed by atoms with E-state index >= 15 is 0 Å². The number of hydrogen-bond donors (Lipinski definition) is 1. The molecule has 2 aromatic carbocycles. The van der Waals surface area contributed by atoms with Crippen LogP contribution in [-0.2, 0) is 6.54 Å². The molecular weight excluding hydrogens is 338 g/mol. The Morgan fingerprint density at radius 2 is 1.96 bits per heavy atom. The number of halogens is 3. The van der Waals surface area contributed by atoms with Gasteiger partial charge >= 0.3 is 6.61 Å². The number of ether oxygens (including phenoxy) is 2. The Morgan fingerprint density at radius 1 is 1.17 bits per heavy atom. The lowest BCUT2D eigenvalue weighted by Gasteiger charge is -2.32. The smallest absolute Gasteiger partial charge is 0.387 e. The zero-order chi connectivity index (χ0) is 16.2. The number of nitrogens with zero attached hydrogens (tertiary/aromatic N) is 1. The molecule has 0 unspecified atom stereocenters. The molecule has 130 valence electrons. The number of methoxy groups -OCH3 is 1. The molecule has 0 amide bonds. The van der Waals surface area contributed by atoms with Crippen LogP contribution in [0, 0.1) is 0 Å². The average molecular weight is 357 g/mol. The maximum absolute atomic E-state index is 12.4. The molecule has 0 radical (unpaired) electrons. The molecule has 0 fully saturated rings. The highest BCUT2D eigenvalue weighted by atomic mass is 35.5. The Bertz CT molecular complexity index is 685. The molecule has 1 aliphatic rings. The summed E-state index contributed by atoms with van der Waals surface area (Å²) in [6.45, 7) is -0.464. The summed E-state index contributed by atoms with van der Waals surface area (Å²) in [5, 5.41) is 3.36. The van der Waals surface area contributed by atoms with E-state index in [2.05, 4.69) is 21.0 Å². The van der Waals surface area contributed by atoms with Gasteiger partial charge in [0.25, 0.3) is 0 Å². The fourth-order valence-electron chi connectivity index (χ4n) is 2.73. The number of nitrogens with one attached hydrogen (secondary N) is 1. The Labute approximate surface area is 145 Å². The van der Waals surface area contributed by atoms with Crippen molar-refractivity contribution in [2.75, 3.05) is 30.4 Å². The van der Waals surface area contributed by atoms with Gasteiger partial charge in [0.15, 0.2) is 11.5 Å². The molecule has 0 aromatic heterocycles. The maximum Gasteiger partial charge on any atom is 0.387 e. The minimum atomic E-state index is -2.87. The zero-order valence-corrected chi connectivity index (χ0v) is 14.0. The first-order chi connectivity index (χ1) is 11.2. The van der Waals surface area contributed by atoms with E-state index < -0.39 is 6.61 Å². The van der Waals surface area contributed by atoms with Crippen molar-refractivity contribution in [2.24, 2.45) is 0 Å². The normalized spacial score (nSPS) is 12.9. The third kappa shape index (κ3) is 4.00. The fourth-order valence-corrected chi connectivity index (χ4v) is 2.73. The third-order valence-electron chi connectivity index (χ3n) is 3.76. The van der Waals surface area contributed by atoms with Crippen LogP contribution in [0.2, 0.25) is 0 Å². The standard InChI is InChI=1S/C17H18F2N2O2.ClH/c1-22-16-10-12(6-7-15(16)23-17(18)19)11-21-9-8-20-13-4-2-3-5-14(13)21;/h2-7,10,17,20H,8-9,11H2,1H3;1H. The molecular formula is C17H19ClF2N2O2. The monoisotopic (exact) mass is 356 g/mol. The topological polar surface area (TPSA) is 33.7 Å². The first-order valence-corrected chi connectivity index (χ1v) is 7.37. The highest BCUT2D eigenvalue weighted by Crippen LogP contribution is 2.33. The summed E-state index contributed by atoms with van der Waals surface area (Å²) in [6, 6.07) is 13.1. The number of alkyl halides is 2. The van der Waals surface area contributed by atoms with Crippen LogP contribution in [0.5, 0.6) is 11.5 Å². The van der Waals surface area contributed by atoms with Gasteiger partial charge in [0.05, 0.1) is 18.5 Å². The van der Waals surface area contributed by atoms with E-state index in [4.69, 9.17) is 4.74 Å². The van der Waals surface area contributed by atoms with Gasteiger partial charge in [-0.25, -0.2) is 0 Å². The van der Waals surface area contributed by atoms with E-state index in [1.165, 1.54) is 13.2 Å². The number of rotatable bonds is 5. The zero-order valence-electron chi connectivity index (χ0n) is 13.2. The summed E-state index contributed by atoms with van der Waals surface area (Å²) in [5.74, 6) is 0.359. The molecule has 0 atom stereocenters.